The third-order valence-electron chi connectivity index (χ3n) is 3.02. The molecule has 2 aromatic carbocycles. The van der Waals surface area contributed by atoms with E-state index in [9.17, 15) is 9.50 Å². The van der Waals surface area contributed by atoms with Crippen LogP contribution in [0.4, 0.5) is 10.1 Å². The Hall–Kier alpha value is -1.30. The molecule has 21 heavy (non-hydrogen) atoms. The lowest BCUT2D eigenvalue weighted by atomic mass is 10.1. The maximum Gasteiger partial charge on any atom is 0.165 e. The van der Waals surface area contributed by atoms with E-state index in [2.05, 4.69) is 21.2 Å². The summed E-state index contributed by atoms with van der Waals surface area (Å²) in [6.07, 6.45) is 0. The van der Waals surface area contributed by atoms with Crippen molar-refractivity contribution in [2.75, 3.05) is 19.0 Å². The lowest BCUT2D eigenvalue weighted by molar-refractivity contribution is 0.276. The van der Waals surface area contributed by atoms with Gasteiger partial charge in [-0.25, -0.2) is 4.39 Å². The van der Waals surface area contributed by atoms with Gasteiger partial charge in [0.15, 0.2) is 11.6 Å². The van der Waals surface area contributed by atoms with Gasteiger partial charge in [0, 0.05) is 10.2 Å². The van der Waals surface area contributed by atoms with Crippen LogP contribution in [-0.4, -0.2) is 18.8 Å². The Morgan fingerprint density at radius 2 is 2.10 bits per heavy atom. The minimum Gasteiger partial charge on any atom is -0.494 e. The minimum absolute atomic E-state index is 0.171. The number of aliphatic hydroxyl groups is 1. The number of rotatable bonds is 5. The highest BCUT2D eigenvalue weighted by molar-refractivity contribution is 9.10. The van der Waals surface area contributed by atoms with Crippen LogP contribution in [0.15, 0.2) is 40.9 Å². The summed E-state index contributed by atoms with van der Waals surface area (Å²) in [6.45, 7) is -0.175. The number of nitrogens with one attached hydrogen (secondary N) is 1. The standard InChI is InChI=1S/C15H14BrClFNO2/c1-21-15-5-2-9(6-13(15)18)14(8-20)19-10-3-4-12(17)11(16)7-10/h2-7,14,19-20H,8H2,1H3. The number of benzene rings is 2. The van der Waals surface area contributed by atoms with Gasteiger partial charge < -0.3 is 15.2 Å². The van der Waals surface area contributed by atoms with Gasteiger partial charge in [-0.2, -0.15) is 0 Å². The van der Waals surface area contributed by atoms with Gasteiger partial charge in [0.2, 0.25) is 0 Å². The van der Waals surface area contributed by atoms with E-state index in [-0.39, 0.29) is 12.4 Å². The highest BCUT2D eigenvalue weighted by atomic mass is 79.9. The van der Waals surface area contributed by atoms with Gasteiger partial charge in [-0.3, -0.25) is 0 Å². The first-order valence-corrected chi connectivity index (χ1v) is 7.38. The van der Waals surface area contributed by atoms with Crippen LogP contribution in [0.5, 0.6) is 5.75 Å². The van der Waals surface area contributed by atoms with Crippen molar-refractivity contribution in [3.63, 3.8) is 0 Å². The van der Waals surface area contributed by atoms with Gasteiger partial charge in [-0.15, -0.1) is 0 Å². The molecular formula is C15H14BrClFNO2. The molecule has 0 aliphatic heterocycles. The first-order chi connectivity index (χ1) is 10.0. The number of halogens is 3. The van der Waals surface area contributed by atoms with E-state index < -0.39 is 11.9 Å². The van der Waals surface area contributed by atoms with E-state index >= 15 is 0 Å². The zero-order chi connectivity index (χ0) is 15.4. The summed E-state index contributed by atoms with van der Waals surface area (Å²) in [5.74, 6) is -0.294. The SMILES string of the molecule is COc1ccc(C(CO)Nc2ccc(Cl)c(Br)c2)cc1F. The fourth-order valence-electron chi connectivity index (χ4n) is 1.92. The first-order valence-electron chi connectivity index (χ1n) is 6.21. The molecule has 0 saturated heterocycles. The van der Waals surface area contributed by atoms with Crippen molar-refractivity contribution in [1.29, 1.82) is 0 Å². The number of aliphatic hydroxyl groups excluding tert-OH is 1. The Bertz CT molecular complexity index is 639. The van der Waals surface area contributed by atoms with Gasteiger partial charge >= 0.3 is 0 Å². The topological polar surface area (TPSA) is 41.5 Å². The van der Waals surface area contributed by atoms with Crippen LogP contribution in [0.3, 0.4) is 0 Å². The van der Waals surface area contributed by atoms with Crippen molar-refractivity contribution in [3.05, 3.63) is 57.3 Å². The van der Waals surface area contributed by atoms with E-state index in [4.69, 9.17) is 16.3 Å². The third-order valence-corrected chi connectivity index (χ3v) is 4.24. The Labute approximate surface area is 135 Å². The zero-order valence-electron chi connectivity index (χ0n) is 11.2. The molecule has 0 heterocycles. The summed E-state index contributed by atoms with van der Waals surface area (Å²) in [4.78, 5) is 0. The Kier molecular flexibility index (Phi) is 5.45. The van der Waals surface area contributed by atoms with E-state index in [1.54, 1.807) is 24.3 Å². The maximum absolute atomic E-state index is 13.7. The Balaban J connectivity index is 2.23. The van der Waals surface area contributed by atoms with Gasteiger partial charge in [-0.05, 0) is 51.8 Å². The predicted molar refractivity (Wildman–Crippen MR) is 85.6 cm³/mol. The van der Waals surface area contributed by atoms with Gasteiger partial charge in [0.05, 0.1) is 24.8 Å². The van der Waals surface area contributed by atoms with E-state index in [0.29, 0.717) is 10.6 Å². The van der Waals surface area contributed by atoms with Crippen molar-refractivity contribution < 1.29 is 14.2 Å². The second-order valence-electron chi connectivity index (χ2n) is 4.40. The summed E-state index contributed by atoms with van der Waals surface area (Å²) >= 11 is 9.27. The molecular weight excluding hydrogens is 361 g/mol. The molecule has 0 amide bonds. The largest absolute Gasteiger partial charge is 0.494 e. The second-order valence-corrected chi connectivity index (χ2v) is 5.66. The average Bonchev–Trinajstić information content (AvgIpc) is 2.48. The molecule has 6 heteroatoms. The van der Waals surface area contributed by atoms with Crippen molar-refractivity contribution in [3.8, 4) is 5.75 Å². The molecule has 0 aliphatic carbocycles. The van der Waals surface area contributed by atoms with Gasteiger partial charge in [0.25, 0.3) is 0 Å². The van der Waals surface area contributed by atoms with Crippen LogP contribution in [0, 0.1) is 5.82 Å². The normalized spacial score (nSPS) is 12.0. The van der Waals surface area contributed by atoms with Crippen molar-refractivity contribution in [2.24, 2.45) is 0 Å². The monoisotopic (exact) mass is 373 g/mol. The second kappa shape index (κ2) is 7.11. The number of anilines is 1. The molecule has 1 atom stereocenters. The summed E-state index contributed by atoms with van der Waals surface area (Å²) in [6, 6.07) is 9.47. The maximum atomic E-state index is 13.7. The zero-order valence-corrected chi connectivity index (χ0v) is 13.6. The number of methoxy groups -OCH3 is 1. The highest BCUT2D eigenvalue weighted by Gasteiger charge is 2.13. The van der Waals surface area contributed by atoms with E-state index in [0.717, 1.165) is 10.2 Å². The van der Waals surface area contributed by atoms with Gasteiger partial charge in [0.1, 0.15) is 0 Å². The van der Waals surface area contributed by atoms with Crippen LogP contribution in [-0.2, 0) is 0 Å². The number of hydrogen-bond acceptors (Lipinski definition) is 3. The minimum atomic E-state index is -0.465. The molecule has 0 aromatic heterocycles. The van der Waals surface area contributed by atoms with E-state index in [1.807, 2.05) is 0 Å². The molecule has 2 N–H and O–H groups in total. The van der Waals surface area contributed by atoms with Crippen LogP contribution in [0.2, 0.25) is 5.02 Å². The molecule has 2 aromatic rings. The molecule has 0 saturated carbocycles. The molecule has 2 rings (SSSR count). The fraction of sp³-hybridized carbons (Fsp3) is 0.200. The Morgan fingerprint density at radius 1 is 1.33 bits per heavy atom. The van der Waals surface area contributed by atoms with Crippen molar-refractivity contribution in [1.82, 2.24) is 0 Å². The highest BCUT2D eigenvalue weighted by Crippen LogP contribution is 2.29. The molecule has 0 aliphatic rings. The lowest BCUT2D eigenvalue weighted by Crippen LogP contribution is -2.15. The van der Waals surface area contributed by atoms with Crippen molar-refractivity contribution in [2.45, 2.75) is 6.04 Å². The van der Waals surface area contributed by atoms with Crippen molar-refractivity contribution >= 4 is 33.2 Å². The molecule has 3 nitrogen and oxygen atoms in total. The number of hydrogen-bond donors (Lipinski definition) is 2. The van der Waals surface area contributed by atoms with E-state index in [1.165, 1.54) is 19.2 Å². The summed E-state index contributed by atoms with van der Waals surface area (Å²) < 4.78 is 19.4. The molecule has 0 fully saturated rings. The molecule has 0 radical (unpaired) electrons. The van der Waals surface area contributed by atoms with Crippen LogP contribution < -0.4 is 10.1 Å². The smallest absolute Gasteiger partial charge is 0.165 e. The summed E-state index contributed by atoms with van der Waals surface area (Å²) in [5, 5.41) is 13.3. The summed E-state index contributed by atoms with van der Waals surface area (Å²) in [5.41, 5.74) is 1.39. The van der Waals surface area contributed by atoms with Gasteiger partial charge in [-0.1, -0.05) is 17.7 Å². The predicted octanol–water partition coefficient (Wildman–Crippen LogP) is 4.40. The molecule has 112 valence electrons. The fourth-order valence-corrected chi connectivity index (χ4v) is 2.42. The van der Waals surface area contributed by atoms with Crippen LogP contribution >= 0.6 is 27.5 Å². The van der Waals surface area contributed by atoms with Crippen LogP contribution in [0.25, 0.3) is 0 Å². The Morgan fingerprint density at radius 3 is 2.67 bits per heavy atom. The molecule has 1 unspecified atom stereocenters. The number of ether oxygens (including phenoxy) is 1. The van der Waals surface area contributed by atoms with Crippen LogP contribution in [0.1, 0.15) is 11.6 Å². The summed E-state index contributed by atoms with van der Waals surface area (Å²) in [7, 11) is 1.41. The average molecular weight is 375 g/mol. The molecule has 0 spiro atoms. The lowest BCUT2D eigenvalue weighted by Gasteiger charge is -2.19. The quantitative estimate of drug-likeness (QED) is 0.815. The molecule has 0 bridgehead atoms. The third kappa shape index (κ3) is 3.87. The first kappa shape index (κ1) is 16.1.